The SMILES string of the molecule is CCOc1nc(NC)nc(NCCOC)n1. The van der Waals surface area contributed by atoms with E-state index in [2.05, 4.69) is 25.6 Å². The molecule has 0 bridgehead atoms. The molecule has 0 aromatic carbocycles. The lowest BCUT2D eigenvalue weighted by atomic mass is 10.7. The Morgan fingerprint density at radius 1 is 1.19 bits per heavy atom. The van der Waals surface area contributed by atoms with E-state index >= 15 is 0 Å². The number of hydrogen-bond acceptors (Lipinski definition) is 7. The fourth-order valence-corrected chi connectivity index (χ4v) is 1.01. The number of aromatic nitrogens is 3. The van der Waals surface area contributed by atoms with Gasteiger partial charge < -0.3 is 20.1 Å². The molecule has 7 nitrogen and oxygen atoms in total. The first kappa shape index (κ1) is 12.4. The average Bonchev–Trinajstić information content (AvgIpc) is 2.29. The van der Waals surface area contributed by atoms with Gasteiger partial charge in [-0.15, -0.1) is 0 Å². The van der Waals surface area contributed by atoms with Gasteiger partial charge >= 0.3 is 6.01 Å². The average molecular weight is 227 g/mol. The highest BCUT2D eigenvalue weighted by molar-refractivity contribution is 5.35. The summed E-state index contributed by atoms with van der Waals surface area (Å²) in [5.74, 6) is 0.943. The molecular weight excluding hydrogens is 210 g/mol. The second kappa shape index (κ2) is 6.78. The maximum Gasteiger partial charge on any atom is 0.323 e. The molecule has 2 N–H and O–H groups in total. The zero-order chi connectivity index (χ0) is 11.8. The van der Waals surface area contributed by atoms with Crippen molar-refractivity contribution in [2.45, 2.75) is 6.92 Å². The maximum atomic E-state index is 5.22. The highest BCUT2D eigenvalue weighted by atomic mass is 16.5. The predicted molar refractivity (Wildman–Crippen MR) is 60.9 cm³/mol. The maximum absolute atomic E-state index is 5.22. The molecule has 1 rings (SSSR count). The molecule has 0 amide bonds. The summed E-state index contributed by atoms with van der Waals surface area (Å²) in [6, 6.07) is 0.307. The number of rotatable bonds is 7. The monoisotopic (exact) mass is 227 g/mol. The van der Waals surface area contributed by atoms with Gasteiger partial charge in [0.05, 0.1) is 13.2 Å². The quantitative estimate of drug-likeness (QED) is 0.651. The molecule has 90 valence electrons. The molecule has 0 aliphatic rings. The van der Waals surface area contributed by atoms with Crippen molar-refractivity contribution < 1.29 is 9.47 Å². The third-order valence-electron chi connectivity index (χ3n) is 1.70. The summed E-state index contributed by atoms with van der Waals surface area (Å²) in [5.41, 5.74) is 0. The van der Waals surface area contributed by atoms with Crippen LogP contribution >= 0.6 is 0 Å². The normalized spacial score (nSPS) is 9.94. The highest BCUT2D eigenvalue weighted by Crippen LogP contribution is 2.10. The topological polar surface area (TPSA) is 81.2 Å². The Bertz CT molecular complexity index is 321. The van der Waals surface area contributed by atoms with Crippen molar-refractivity contribution in [1.29, 1.82) is 0 Å². The van der Waals surface area contributed by atoms with E-state index in [1.807, 2.05) is 6.92 Å². The van der Waals surface area contributed by atoms with Crippen LogP contribution in [0.15, 0.2) is 0 Å². The summed E-state index contributed by atoms with van der Waals surface area (Å²) in [5, 5.41) is 5.85. The molecular formula is C9H17N5O2. The van der Waals surface area contributed by atoms with Crippen LogP contribution in [0.1, 0.15) is 6.92 Å². The highest BCUT2D eigenvalue weighted by Gasteiger charge is 2.05. The number of nitrogens with zero attached hydrogens (tertiary/aromatic N) is 3. The first-order valence-corrected chi connectivity index (χ1v) is 5.09. The predicted octanol–water partition coefficient (Wildman–Crippen LogP) is 0.370. The van der Waals surface area contributed by atoms with Gasteiger partial charge in [0.15, 0.2) is 0 Å². The van der Waals surface area contributed by atoms with Crippen molar-refractivity contribution in [2.24, 2.45) is 0 Å². The Kier molecular flexibility index (Phi) is 5.27. The van der Waals surface area contributed by atoms with Crippen molar-refractivity contribution in [2.75, 3.05) is 44.5 Å². The molecule has 1 aromatic rings. The standard InChI is InChI=1S/C9H17N5O2/c1-4-16-9-13-7(10-2)12-8(14-9)11-5-6-15-3/h4-6H2,1-3H3,(H2,10,11,12,13,14). The molecule has 16 heavy (non-hydrogen) atoms. The summed E-state index contributed by atoms with van der Waals surface area (Å²) in [6.45, 7) is 3.62. The van der Waals surface area contributed by atoms with Gasteiger partial charge in [-0.05, 0) is 6.92 Å². The zero-order valence-corrected chi connectivity index (χ0v) is 9.78. The van der Waals surface area contributed by atoms with Crippen molar-refractivity contribution in [3.63, 3.8) is 0 Å². The van der Waals surface area contributed by atoms with Crippen molar-refractivity contribution in [3.8, 4) is 6.01 Å². The molecule has 1 aromatic heterocycles. The second-order valence-electron chi connectivity index (χ2n) is 2.87. The minimum Gasteiger partial charge on any atom is -0.464 e. The summed E-state index contributed by atoms with van der Waals surface area (Å²) >= 11 is 0. The third-order valence-corrected chi connectivity index (χ3v) is 1.70. The van der Waals surface area contributed by atoms with Gasteiger partial charge in [0.25, 0.3) is 0 Å². The molecule has 0 aliphatic carbocycles. The molecule has 0 radical (unpaired) electrons. The Morgan fingerprint density at radius 3 is 2.56 bits per heavy atom. The van der Waals surface area contributed by atoms with E-state index in [0.29, 0.717) is 37.7 Å². The lowest BCUT2D eigenvalue weighted by Gasteiger charge is -2.07. The molecule has 0 saturated heterocycles. The van der Waals surface area contributed by atoms with Gasteiger partial charge in [0.2, 0.25) is 11.9 Å². The van der Waals surface area contributed by atoms with E-state index in [4.69, 9.17) is 9.47 Å². The van der Waals surface area contributed by atoms with E-state index < -0.39 is 0 Å². The van der Waals surface area contributed by atoms with Crippen LogP contribution in [0.3, 0.4) is 0 Å². The summed E-state index contributed by atoms with van der Waals surface area (Å²) in [6.07, 6.45) is 0. The van der Waals surface area contributed by atoms with Crippen LogP contribution in [-0.4, -0.2) is 48.9 Å². The Morgan fingerprint density at radius 2 is 1.94 bits per heavy atom. The molecule has 0 aliphatic heterocycles. The van der Waals surface area contributed by atoms with Crippen LogP contribution in [0, 0.1) is 0 Å². The van der Waals surface area contributed by atoms with Crippen molar-refractivity contribution in [1.82, 2.24) is 15.0 Å². The molecule has 0 saturated carbocycles. The summed E-state index contributed by atoms with van der Waals surface area (Å²) < 4.78 is 10.1. The van der Waals surface area contributed by atoms with Gasteiger partial charge in [0.1, 0.15) is 0 Å². The van der Waals surface area contributed by atoms with Crippen LogP contribution < -0.4 is 15.4 Å². The van der Waals surface area contributed by atoms with Crippen LogP contribution in [0.5, 0.6) is 6.01 Å². The minimum atomic E-state index is 0.307. The van der Waals surface area contributed by atoms with Gasteiger partial charge in [-0.1, -0.05) is 0 Å². The van der Waals surface area contributed by atoms with E-state index in [-0.39, 0.29) is 0 Å². The van der Waals surface area contributed by atoms with Gasteiger partial charge in [-0.25, -0.2) is 0 Å². The summed E-state index contributed by atoms with van der Waals surface area (Å²) in [4.78, 5) is 12.3. The Labute approximate surface area is 94.6 Å². The fraction of sp³-hybridized carbons (Fsp3) is 0.667. The number of methoxy groups -OCH3 is 1. The zero-order valence-electron chi connectivity index (χ0n) is 9.78. The van der Waals surface area contributed by atoms with Gasteiger partial charge in [-0.2, -0.15) is 15.0 Å². The largest absolute Gasteiger partial charge is 0.464 e. The molecule has 0 atom stereocenters. The van der Waals surface area contributed by atoms with Crippen LogP contribution in [-0.2, 0) is 4.74 Å². The number of ether oxygens (including phenoxy) is 2. The number of hydrogen-bond donors (Lipinski definition) is 2. The Hall–Kier alpha value is -1.63. The smallest absolute Gasteiger partial charge is 0.323 e. The van der Waals surface area contributed by atoms with Gasteiger partial charge in [0, 0.05) is 20.7 Å². The van der Waals surface area contributed by atoms with Gasteiger partial charge in [-0.3, -0.25) is 0 Å². The molecule has 0 unspecified atom stereocenters. The van der Waals surface area contributed by atoms with Crippen molar-refractivity contribution >= 4 is 11.9 Å². The van der Waals surface area contributed by atoms with Crippen LogP contribution in [0.2, 0.25) is 0 Å². The van der Waals surface area contributed by atoms with E-state index in [0.717, 1.165) is 0 Å². The number of nitrogens with one attached hydrogen (secondary N) is 2. The fourth-order valence-electron chi connectivity index (χ4n) is 1.01. The van der Waals surface area contributed by atoms with Crippen LogP contribution in [0.25, 0.3) is 0 Å². The first-order chi connectivity index (χ1) is 7.80. The second-order valence-corrected chi connectivity index (χ2v) is 2.87. The summed E-state index contributed by atoms with van der Waals surface area (Å²) in [7, 11) is 3.38. The Balaban J connectivity index is 2.69. The van der Waals surface area contributed by atoms with Crippen LogP contribution in [0.4, 0.5) is 11.9 Å². The molecule has 0 fully saturated rings. The number of anilines is 2. The van der Waals surface area contributed by atoms with E-state index in [1.54, 1.807) is 14.2 Å². The molecule has 7 heteroatoms. The van der Waals surface area contributed by atoms with Crippen molar-refractivity contribution in [3.05, 3.63) is 0 Å². The first-order valence-electron chi connectivity index (χ1n) is 5.09. The minimum absolute atomic E-state index is 0.307. The van der Waals surface area contributed by atoms with E-state index in [1.165, 1.54) is 0 Å². The molecule has 0 spiro atoms. The third kappa shape index (κ3) is 3.85. The van der Waals surface area contributed by atoms with E-state index in [9.17, 15) is 0 Å². The lowest BCUT2D eigenvalue weighted by Crippen LogP contribution is -2.13. The lowest BCUT2D eigenvalue weighted by molar-refractivity contribution is 0.210. The molecule has 1 heterocycles.